The molecule has 0 spiro atoms. The van der Waals surface area contributed by atoms with E-state index >= 15 is 0 Å². The largest absolute Gasteiger partial charge is 0.497 e. The molecule has 38 heavy (non-hydrogen) atoms. The molecule has 0 heterocycles. The third-order valence-corrected chi connectivity index (χ3v) is 5.59. The molecule has 2 aromatic rings. The third-order valence-electron chi connectivity index (χ3n) is 5.59. The highest BCUT2D eigenvalue weighted by Gasteiger charge is 2.33. The molecule has 0 aromatic heterocycles. The van der Waals surface area contributed by atoms with Crippen LogP contribution < -0.4 is 15.4 Å². The molecule has 3 amide bonds. The van der Waals surface area contributed by atoms with Crippen molar-refractivity contribution in [3.63, 3.8) is 0 Å². The lowest BCUT2D eigenvalue weighted by Gasteiger charge is -2.34. The molecule has 8 nitrogen and oxygen atoms in total. The third kappa shape index (κ3) is 9.72. The topological polar surface area (TPSA) is 97.0 Å². The van der Waals surface area contributed by atoms with Crippen LogP contribution >= 0.6 is 0 Å². The predicted octanol–water partition coefficient (Wildman–Crippen LogP) is 5.33. The molecule has 2 rings (SSSR count). The van der Waals surface area contributed by atoms with E-state index < -0.39 is 29.2 Å². The van der Waals surface area contributed by atoms with Gasteiger partial charge in [0.25, 0.3) is 0 Å². The Morgan fingerprint density at radius 3 is 1.89 bits per heavy atom. The van der Waals surface area contributed by atoms with Gasteiger partial charge in [0, 0.05) is 12.1 Å². The first-order valence-corrected chi connectivity index (χ1v) is 12.9. The molecule has 0 aliphatic heterocycles. The van der Waals surface area contributed by atoms with Crippen molar-refractivity contribution >= 4 is 17.9 Å². The molecule has 0 bridgehead atoms. The van der Waals surface area contributed by atoms with Crippen LogP contribution in [0.5, 0.6) is 5.75 Å². The number of ether oxygens (including phenoxy) is 2. The molecule has 0 aliphatic carbocycles. The first-order chi connectivity index (χ1) is 17.6. The van der Waals surface area contributed by atoms with E-state index in [2.05, 4.69) is 24.5 Å². The zero-order valence-corrected chi connectivity index (χ0v) is 24.2. The van der Waals surface area contributed by atoms with E-state index in [-0.39, 0.29) is 19.0 Å². The van der Waals surface area contributed by atoms with Gasteiger partial charge in [0.05, 0.1) is 7.11 Å². The monoisotopic (exact) mass is 525 g/mol. The Balaban J connectivity index is 2.49. The van der Waals surface area contributed by atoms with Crippen molar-refractivity contribution in [3.8, 4) is 5.75 Å². The van der Waals surface area contributed by atoms with E-state index in [0.29, 0.717) is 17.2 Å². The Morgan fingerprint density at radius 2 is 1.42 bits per heavy atom. The summed E-state index contributed by atoms with van der Waals surface area (Å²) in [7, 11) is 1.58. The average molecular weight is 526 g/mol. The quantitative estimate of drug-likeness (QED) is 0.461. The Bertz CT molecular complexity index is 1080. The summed E-state index contributed by atoms with van der Waals surface area (Å²) in [6.07, 6.45) is -0.702. The number of rotatable bonds is 9. The lowest BCUT2D eigenvalue weighted by atomic mass is 9.96. The van der Waals surface area contributed by atoms with Crippen LogP contribution in [0.3, 0.4) is 0 Å². The number of nitrogens with one attached hydrogen (secondary N) is 2. The standard InChI is InChI=1S/C30H43N3O5/c1-20(2)22-12-14-23(15-13-22)26(27(35)32-29(3,4)5)33(19-21-10-16-24(37-9)17-11-21)25(34)18-31-28(36)38-30(6,7)8/h10-17,20,26H,18-19H2,1-9H3,(H,31,36)(H,32,35)/t26-/m1/s1. The maximum Gasteiger partial charge on any atom is 0.408 e. The molecule has 0 saturated carbocycles. The lowest BCUT2D eigenvalue weighted by Crippen LogP contribution is -2.51. The summed E-state index contributed by atoms with van der Waals surface area (Å²) in [5.41, 5.74) is 1.39. The van der Waals surface area contributed by atoms with Crippen molar-refractivity contribution in [1.29, 1.82) is 0 Å². The van der Waals surface area contributed by atoms with E-state index in [0.717, 1.165) is 11.1 Å². The van der Waals surface area contributed by atoms with Crippen LogP contribution in [-0.2, 0) is 20.9 Å². The van der Waals surface area contributed by atoms with E-state index in [1.807, 2.05) is 57.2 Å². The number of carbonyl (C=O) groups is 3. The number of hydrogen-bond acceptors (Lipinski definition) is 5. The zero-order chi connectivity index (χ0) is 28.7. The fourth-order valence-electron chi connectivity index (χ4n) is 3.79. The lowest BCUT2D eigenvalue weighted by molar-refractivity contribution is -0.141. The molecular weight excluding hydrogens is 482 g/mol. The SMILES string of the molecule is COc1ccc(CN(C(=O)CNC(=O)OC(C)(C)C)[C@@H](C(=O)NC(C)(C)C)c2ccc(C(C)C)cc2)cc1. The van der Waals surface area contributed by atoms with Gasteiger partial charge in [-0.2, -0.15) is 0 Å². The second-order valence-electron chi connectivity index (χ2n) is 11.7. The summed E-state index contributed by atoms with van der Waals surface area (Å²) < 4.78 is 10.6. The molecule has 2 aromatic carbocycles. The Morgan fingerprint density at radius 1 is 0.868 bits per heavy atom. The normalized spacial score (nSPS) is 12.5. The van der Waals surface area contributed by atoms with Gasteiger partial charge in [-0.05, 0) is 76.3 Å². The van der Waals surface area contributed by atoms with Crippen LogP contribution in [0, 0.1) is 0 Å². The number of alkyl carbamates (subject to hydrolysis) is 1. The van der Waals surface area contributed by atoms with Gasteiger partial charge >= 0.3 is 6.09 Å². The van der Waals surface area contributed by atoms with Crippen LogP contribution in [0.4, 0.5) is 4.79 Å². The maximum absolute atomic E-state index is 13.7. The highest BCUT2D eigenvalue weighted by Crippen LogP contribution is 2.27. The fraction of sp³-hybridized carbons (Fsp3) is 0.500. The van der Waals surface area contributed by atoms with Crippen molar-refractivity contribution in [1.82, 2.24) is 15.5 Å². The molecular formula is C30H43N3O5. The minimum atomic E-state index is -0.925. The molecule has 0 radical (unpaired) electrons. The summed E-state index contributed by atoms with van der Waals surface area (Å²) >= 11 is 0. The summed E-state index contributed by atoms with van der Waals surface area (Å²) in [5.74, 6) is 0.271. The van der Waals surface area contributed by atoms with Crippen molar-refractivity contribution in [3.05, 3.63) is 65.2 Å². The van der Waals surface area contributed by atoms with E-state index in [1.165, 1.54) is 4.90 Å². The summed E-state index contributed by atoms with van der Waals surface area (Å²) in [6, 6.07) is 14.1. The van der Waals surface area contributed by atoms with Crippen molar-refractivity contribution in [2.75, 3.05) is 13.7 Å². The Labute approximate surface area is 227 Å². The van der Waals surface area contributed by atoms with Crippen LogP contribution in [-0.4, -0.2) is 47.6 Å². The number of hydrogen-bond donors (Lipinski definition) is 2. The minimum absolute atomic E-state index is 0.146. The average Bonchev–Trinajstić information content (AvgIpc) is 2.80. The summed E-state index contributed by atoms with van der Waals surface area (Å²) in [6.45, 7) is 14.9. The van der Waals surface area contributed by atoms with Gasteiger partial charge in [-0.15, -0.1) is 0 Å². The summed E-state index contributed by atoms with van der Waals surface area (Å²) in [5, 5.41) is 5.56. The fourth-order valence-corrected chi connectivity index (χ4v) is 3.79. The molecule has 8 heteroatoms. The summed E-state index contributed by atoms with van der Waals surface area (Å²) in [4.78, 5) is 41.1. The van der Waals surface area contributed by atoms with Crippen LogP contribution in [0.1, 0.15) is 84.0 Å². The first kappa shape index (κ1) is 30.7. The second kappa shape index (κ2) is 12.8. The maximum atomic E-state index is 13.7. The highest BCUT2D eigenvalue weighted by molar-refractivity contribution is 5.90. The first-order valence-electron chi connectivity index (χ1n) is 12.9. The Kier molecular flexibility index (Phi) is 10.3. The van der Waals surface area contributed by atoms with Crippen LogP contribution in [0.15, 0.2) is 48.5 Å². The van der Waals surface area contributed by atoms with Gasteiger partial charge in [-0.1, -0.05) is 50.2 Å². The molecule has 0 fully saturated rings. The number of nitrogens with zero attached hydrogens (tertiary/aromatic N) is 1. The van der Waals surface area contributed by atoms with Crippen molar-refractivity contribution in [2.45, 2.75) is 85.0 Å². The van der Waals surface area contributed by atoms with E-state index in [9.17, 15) is 14.4 Å². The number of carbonyl (C=O) groups excluding carboxylic acids is 3. The zero-order valence-electron chi connectivity index (χ0n) is 24.2. The van der Waals surface area contributed by atoms with Gasteiger partial charge in [0.1, 0.15) is 23.9 Å². The molecule has 0 saturated heterocycles. The van der Waals surface area contributed by atoms with Crippen molar-refractivity contribution < 1.29 is 23.9 Å². The highest BCUT2D eigenvalue weighted by atomic mass is 16.6. The Hall–Kier alpha value is -3.55. The smallest absolute Gasteiger partial charge is 0.408 e. The molecule has 1 atom stereocenters. The predicted molar refractivity (Wildman–Crippen MR) is 149 cm³/mol. The molecule has 0 aliphatic rings. The second-order valence-corrected chi connectivity index (χ2v) is 11.7. The van der Waals surface area contributed by atoms with E-state index in [1.54, 1.807) is 40.0 Å². The van der Waals surface area contributed by atoms with Gasteiger partial charge < -0.3 is 25.0 Å². The van der Waals surface area contributed by atoms with Crippen molar-refractivity contribution in [2.24, 2.45) is 0 Å². The molecule has 2 N–H and O–H groups in total. The number of amides is 3. The van der Waals surface area contributed by atoms with Gasteiger partial charge in [0.2, 0.25) is 11.8 Å². The molecule has 0 unspecified atom stereocenters. The van der Waals surface area contributed by atoms with Gasteiger partial charge in [-0.3, -0.25) is 9.59 Å². The molecule has 208 valence electrons. The number of methoxy groups -OCH3 is 1. The van der Waals surface area contributed by atoms with E-state index in [4.69, 9.17) is 9.47 Å². The minimum Gasteiger partial charge on any atom is -0.497 e. The van der Waals surface area contributed by atoms with Gasteiger partial charge in [-0.25, -0.2) is 4.79 Å². The van der Waals surface area contributed by atoms with Crippen LogP contribution in [0.2, 0.25) is 0 Å². The van der Waals surface area contributed by atoms with Gasteiger partial charge in [0.15, 0.2) is 0 Å². The van der Waals surface area contributed by atoms with Crippen LogP contribution in [0.25, 0.3) is 0 Å². The number of benzene rings is 2.